The van der Waals surface area contributed by atoms with Crippen molar-refractivity contribution in [3.8, 4) is 0 Å². The van der Waals surface area contributed by atoms with Crippen LogP contribution in [0.3, 0.4) is 0 Å². The number of hydrogen-bond donors (Lipinski definition) is 1. The van der Waals surface area contributed by atoms with E-state index in [1.807, 2.05) is 18.2 Å². The van der Waals surface area contributed by atoms with Crippen LogP contribution in [0.25, 0.3) is 0 Å². The van der Waals surface area contributed by atoms with Crippen LogP contribution in [0.2, 0.25) is 0 Å². The van der Waals surface area contributed by atoms with Gasteiger partial charge in [-0.25, -0.2) is 0 Å². The zero-order valence-corrected chi connectivity index (χ0v) is 12.4. The Morgan fingerprint density at radius 1 is 0.842 bits per heavy atom. The molecule has 2 nitrogen and oxygen atoms in total. The largest absolute Gasteiger partial charge is 0.314 e. The van der Waals surface area contributed by atoms with Gasteiger partial charge in [-0.1, -0.05) is 82.2 Å². The van der Waals surface area contributed by atoms with Gasteiger partial charge in [0.15, 0.2) is 0 Å². The first-order valence-corrected chi connectivity index (χ1v) is 7.80. The molecule has 19 heavy (non-hydrogen) atoms. The molecule has 1 aromatic rings. The van der Waals surface area contributed by atoms with E-state index in [4.69, 9.17) is 0 Å². The van der Waals surface area contributed by atoms with E-state index in [-0.39, 0.29) is 0 Å². The van der Waals surface area contributed by atoms with Crippen LogP contribution in [-0.2, 0) is 6.54 Å². The molecule has 0 fully saturated rings. The second-order valence-corrected chi connectivity index (χ2v) is 5.35. The highest BCUT2D eigenvalue weighted by atomic mass is 16.5. The van der Waals surface area contributed by atoms with Gasteiger partial charge < -0.3 is 5.21 Å². The van der Waals surface area contributed by atoms with Crippen molar-refractivity contribution >= 4 is 0 Å². The summed E-state index contributed by atoms with van der Waals surface area (Å²) in [6.45, 7) is 3.67. The van der Waals surface area contributed by atoms with Crippen LogP contribution in [0.1, 0.15) is 63.9 Å². The van der Waals surface area contributed by atoms with E-state index < -0.39 is 0 Å². The monoisotopic (exact) mass is 263 g/mol. The van der Waals surface area contributed by atoms with Crippen molar-refractivity contribution in [2.75, 3.05) is 6.54 Å². The van der Waals surface area contributed by atoms with E-state index in [1.54, 1.807) is 0 Å². The normalized spacial score (nSPS) is 11.1. The minimum atomic E-state index is 0.636. The molecule has 0 aromatic heterocycles. The molecule has 1 rings (SSSR count). The number of hydrogen-bond acceptors (Lipinski definition) is 2. The Kier molecular flexibility index (Phi) is 9.38. The van der Waals surface area contributed by atoms with Gasteiger partial charge in [0.2, 0.25) is 0 Å². The third kappa shape index (κ3) is 8.79. The van der Waals surface area contributed by atoms with E-state index in [0.29, 0.717) is 6.54 Å². The molecule has 0 amide bonds. The van der Waals surface area contributed by atoms with Gasteiger partial charge in [0.05, 0.1) is 0 Å². The highest BCUT2D eigenvalue weighted by Gasteiger charge is 2.01. The first kappa shape index (κ1) is 16.2. The first-order chi connectivity index (χ1) is 9.33. The molecular formula is C17H29NO. The lowest BCUT2D eigenvalue weighted by molar-refractivity contribution is -0.100. The molecule has 0 bridgehead atoms. The molecule has 0 heterocycles. The van der Waals surface area contributed by atoms with Gasteiger partial charge in [0.1, 0.15) is 0 Å². The molecule has 0 aliphatic rings. The van der Waals surface area contributed by atoms with Crippen LogP contribution in [0, 0.1) is 0 Å². The van der Waals surface area contributed by atoms with Gasteiger partial charge in [-0.3, -0.25) is 0 Å². The Hall–Kier alpha value is -0.860. The lowest BCUT2D eigenvalue weighted by atomic mass is 10.1. The quantitative estimate of drug-likeness (QED) is 0.447. The average molecular weight is 263 g/mol. The molecular weight excluding hydrogens is 234 g/mol. The fraction of sp³-hybridized carbons (Fsp3) is 0.647. The van der Waals surface area contributed by atoms with E-state index >= 15 is 0 Å². The zero-order valence-electron chi connectivity index (χ0n) is 12.4. The van der Waals surface area contributed by atoms with Crippen LogP contribution in [-0.4, -0.2) is 16.8 Å². The highest BCUT2D eigenvalue weighted by Crippen LogP contribution is 2.09. The Balaban J connectivity index is 1.94. The van der Waals surface area contributed by atoms with E-state index in [1.165, 1.54) is 55.6 Å². The second kappa shape index (κ2) is 11.0. The van der Waals surface area contributed by atoms with E-state index in [2.05, 4.69) is 19.1 Å². The molecule has 1 aromatic carbocycles. The van der Waals surface area contributed by atoms with E-state index in [9.17, 15) is 5.21 Å². The molecule has 2 heteroatoms. The van der Waals surface area contributed by atoms with Crippen molar-refractivity contribution in [1.29, 1.82) is 0 Å². The fourth-order valence-corrected chi connectivity index (χ4v) is 2.30. The predicted octanol–water partition coefficient (Wildman–Crippen LogP) is 5.02. The molecule has 0 saturated carbocycles. The topological polar surface area (TPSA) is 23.5 Å². The number of hydroxylamine groups is 2. The number of unbranched alkanes of at least 4 members (excludes halogenated alkanes) is 7. The molecule has 0 saturated heterocycles. The minimum absolute atomic E-state index is 0.636. The molecule has 0 unspecified atom stereocenters. The summed E-state index contributed by atoms with van der Waals surface area (Å²) < 4.78 is 0. The lowest BCUT2D eigenvalue weighted by Gasteiger charge is -2.14. The van der Waals surface area contributed by atoms with Gasteiger partial charge in [-0.05, 0) is 12.0 Å². The summed E-state index contributed by atoms with van der Waals surface area (Å²) >= 11 is 0. The van der Waals surface area contributed by atoms with Gasteiger partial charge in [0, 0.05) is 13.1 Å². The Morgan fingerprint density at radius 3 is 2.05 bits per heavy atom. The standard InChI is InChI=1S/C17H29NO/c1-2-3-4-5-6-7-8-12-15-18(19)16-17-13-10-9-11-14-17/h9-11,13-14,19H,2-8,12,15-16H2,1H3. The summed E-state index contributed by atoms with van der Waals surface area (Å²) in [5, 5.41) is 11.2. The molecule has 108 valence electrons. The molecule has 0 aliphatic heterocycles. The minimum Gasteiger partial charge on any atom is -0.314 e. The van der Waals surface area contributed by atoms with Gasteiger partial charge >= 0.3 is 0 Å². The van der Waals surface area contributed by atoms with Crippen LogP contribution >= 0.6 is 0 Å². The maximum Gasteiger partial charge on any atom is 0.0488 e. The summed E-state index contributed by atoms with van der Waals surface area (Å²) in [6.07, 6.45) is 10.4. The van der Waals surface area contributed by atoms with Crippen molar-refractivity contribution in [1.82, 2.24) is 5.06 Å². The van der Waals surface area contributed by atoms with Crippen LogP contribution in [0.5, 0.6) is 0 Å². The summed E-state index contributed by atoms with van der Waals surface area (Å²) in [7, 11) is 0. The van der Waals surface area contributed by atoms with Gasteiger partial charge in [-0.15, -0.1) is 0 Å². The Bertz CT molecular complexity index is 299. The van der Waals surface area contributed by atoms with Crippen molar-refractivity contribution < 1.29 is 5.21 Å². The Labute approximate surface area is 118 Å². The Morgan fingerprint density at radius 2 is 1.42 bits per heavy atom. The number of benzene rings is 1. The third-order valence-electron chi connectivity index (χ3n) is 3.48. The maximum atomic E-state index is 9.81. The SMILES string of the molecule is CCCCCCCCCCN(O)Cc1ccccc1. The van der Waals surface area contributed by atoms with Gasteiger partial charge in [0.25, 0.3) is 0 Å². The summed E-state index contributed by atoms with van der Waals surface area (Å²) in [5.74, 6) is 0. The third-order valence-corrected chi connectivity index (χ3v) is 3.48. The summed E-state index contributed by atoms with van der Waals surface area (Å²) in [5.41, 5.74) is 1.17. The number of nitrogens with zero attached hydrogens (tertiary/aromatic N) is 1. The fourth-order valence-electron chi connectivity index (χ4n) is 2.30. The van der Waals surface area contributed by atoms with Crippen LogP contribution < -0.4 is 0 Å². The molecule has 0 radical (unpaired) electrons. The second-order valence-electron chi connectivity index (χ2n) is 5.35. The maximum absolute atomic E-state index is 9.81. The lowest BCUT2D eigenvalue weighted by Crippen LogP contribution is -2.19. The highest BCUT2D eigenvalue weighted by molar-refractivity contribution is 5.13. The summed E-state index contributed by atoms with van der Waals surface area (Å²) in [4.78, 5) is 0. The van der Waals surface area contributed by atoms with Crippen molar-refractivity contribution in [3.05, 3.63) is 35.9 Å². The van der Waals surface area contributed by atoms with Crippen LogP contribution in [0.4, 0.5) is 0 Å². The van der Waals surface area contributed by atoms with Crippen molar-refractivity contribution in [2.45, 2.75) is 64.8 Å². The molecule has 0 aliphatic carbocycles. The molecule has 0 atom stereocenters. The average Bonchev–Trinajstić information content (AvgIpc) is 2.43. The summed E-state index contributed by atoms with van der Waals surface area (Å²) in [6, 6.07) is 10.1. The molecule has 1 N–H and O–H groups in total. The van der Waals surface area contributed by atoms with Crippen molar-refractivity contribution in [3.63, 3.8) is 0 Å². The smallest absolute Gasteiger partial charge is 0.0488 e. The zero-order chi connectivity index (χ0) is 13.8. The van der Waals surface area contributed by atoms with Gasteiger partial charge in [-0.2, -0.15) is 5.06 Å². The van der Waals surface area contributed by atoms with Crippen molar-refractivity contribution in [2.24, 2.45) is 0 Å². The van der Waals surface area contributed by atoms with E-state index in [0.717, 1.165) is 13.0 Å². The van der Waals surface area contributed by atoms with Crippen LogP contribution in [0.15, 0.2) is 30.3 Å². The molecule has 0 spiro atoms. The first-order valence-electron chi connectivity index (χ1n) is 7.80. The number of rotatable bonds is 11. The predicted molar refractivity (Wildman–Crippen MR) is 81.2 cm³/mol.